The first-order valence-electron chi connectivity index (χ1n) is 6.63. The maximum Gasteiger partial charge on any atom is 0.142 e. The fourth-order valence-electron chi connectivity index (χ4n) is 2.25. The molecule has 0 spiro atoms. The van der Waals surface area contributed by atoms with Gasteiger partial charge in [0.25, 0.3) is 0 Å². The number of nitrogen functional groups attached to an aromatic ring is 1. The minimum absolute atomic E-state index is 0.329. The van der Waals surface area contributed by atoms with Gasteiger partial charge in [0.15, 0.2) is 0 Å². The molecule has 1 aromatic heterocycles. The molecule has 100 valence electrons. The summed E-state index contributed by atoms with van der Waals surface area (Å²) in [4.78, 5) is 6.73. The number of nitrogens with two attached hydrogens (primary N) is 1. The minimum atomic E-state index is 0.329. The molecule has 2 heterocycles. The van der Waals surface area contributed by atoms with Crippen molar-refractivity contribution in [3.8, 4) is 0 Å². The van der Waals surface area contributed by atoms with E-state index in [-0.39, 0.29) is 0 Å². The average molecular weight is 250 g/mol. The van der Waals surface area contributed by atoms with Crippen molar-refractivity contribution in [1.82, 2.24) is 4.98 Å². The van der Waals surface area contributed by atoms with Gasteiger partial charge in [-0.3, -0.25) is 0 Å². The molecule has 18 heavy (non-hydrogen) atoms. The predicted octanol–water partition coefficient (Wildman–Crippen LogP) is 1.76. The minimum Gasteiger partial charge on any atom is -0.376 e. The first-order chi connectivity index (χ1) is 8.83. The van der Waals surface area contributed by atoms with Crippen molar-refractivity contribution in [2.45, 2.75) is 32.3 Å². The molecule has 1 aliphatic heterocycles. The molecule has 2 rings (SSSR count). The van der Waals surface area contributed by atoms with Crippen LogP contribution in [0.3, 0.4) is 0 Å². The van der Waals surface area contributed by atoms with Crippen LogP contribution in [0.25, 0.3) is 0 Å². The number of rotatable bonds is 5. The number of pyridine rings is 1. The highest BCUT2D eigenvalue weighted by Gasteiger charge is 2.21. The van der Waals surface area contributed by atoms with E-state index in [9.17, 15) is 0 Å². The highest BCUT2D eigenvalue weighted by Crippen LogP contribution is 2.20. The van der Waals surface area contributed by atoms with Gasteiger partial charge in [0.1, 0.15) is 11.6 Å². The number of ether oxygens (including phenoxy) is 1. The summed E-state index contributed by atoms with van der Waals surface area (Å²) in [6, 6.07) is 5.84. The normalized spacial score (nSPS) is 19.9. The summed E-state index contributed by atoms with van der Waals surface area (Å²) in [7, 11) is 0. The quantitative estimate of drug-likeness (QED) is 0.616. The van der Waals surface area contributed by atoms with Crippen LogP contribution in [-0.2, 0) is 4.74 Å². The molecule has 1 aromatic rings. The number of piperidine rings is 1. The molecule has 0 aromatic carbocycles. The lowest BCUT2D eigenvalue weighted by Crippen LogP contribution is -2.40. The van der Waals surface area contributed by atoms with Crippen LogP contribution in [0.1, 0.15) is 26.2 Å². The van der Waals surface area contributed by atoms with Gasteiger partial charge in [-0.25, -0.2) is 10.8 Å². The molecule has 5 heteroatoms. The van der Waals surface area contributed by atoms with E-state index in [2.05, 4.69) is 22.2 Å². The third-order valence-corrected chi connectivity index (χ3v) is 3.14. The lowest BCUT2D eigenvalue weighted by Gasteiger charge is -2.33. The Hall–Kier alpha value is -1.33. The van der Waals surface area contributed by atoms with Crippen LogP contribution in [0, 0.1) is 0 Å². The van der Waals surface area contributed by atoms with Crippen molar-refractivity contribution >= 4 is 11.6 Å². The van der Waals surface area contributed by atoms with Crippen molar-refractivity contribution < 1.29 is 4.74 Å². The zero-order valence-electron chi connectivity index (χ0n) is 10.9. The third kappa shape index (κ3) is 3.34. The Morgan fingerprint density at radius 3 is 3.22 bits per heavy atom. The monoisotopic (exact) mass is 250 g/mol. The van der Waals surface area contributed by atoms with Crippen LogP contribution in [-0.4, -0.2) is 30.8 Å². The molecular weight excluding hydrogens is 228 g/mol. The Morgan fingerprint density at radius 1 is 1.56 bits per heavy atom. The summed E-state index contributed by atoms with van der Waals surface area (Å²) in [5.74, 6) is 7.05. The van der Waals surface area contributed by atoms with E-state index in [4.69, 9.17) is 10.6 Å². The Morgan fingerprint density at radius 2 is 2.44 bits per heavy atom. The van der Waals surface area contributed by atoms with Gasteiger partial charge >= 0.3 is 0 Å². The van der Waals surface area contributed by atoms with Crippen molar-refractivity contribution in [2.24, 2.45) is 5.84 Å². The summed E-state index contributed by atoms with van der Waals surface area (Å²) >= 11 is 0. The molecule has 1 unspecified atom stereocenters. The number of hydrazine groups is 1. The average Bonchev–Trinajstić information content (AvgIpc) is 2.45. The third-order valence-electron chi connectivity index (χ3n) is 3.14. The molecule has 1 saturated heterocycles. The van der Waals surface area contributed by atoms with Gasteiger partial charge in [0.05, 0.1) is 6.10 Å². The van der Waals surface area contributed by atoms with E-state index in [0.717, 1.165) is 44.8 Å². The predicted molar refractivity (Wildman–Crippen MR) is 73.5 cm³/mol. The molecule has 0 saturated carbocycles. The lowest BCUT2D eigenvalue weighted by atomic mass is 10.1. The highest BCUT2D eigenvalue weighted by molar-refractivity contribution is 5.46. The summed E-state index contributed by atoms with van der Waals surface area (Å²) in [5, 5.41) is 0. The number of hydrogen-bond donors (Lipinski definition) is 2. The fraction of sp³-hybridized carbons (Fsp3) is 0.615. The van der Waals surface area contributed by atoms with Gasteiger partial charge in [-0.2, -0.15) is 0 Å². The maximum atomic E-state index is 5.83. The zero-order valence-corrected chi connectivity index (χ0v) is 10.9. The Balaban J connectivity index is 1.98. The van der Waals surface area contributed by atoms with Crippen molar-refractivity contribution in [2.75, 3.05) is 30.0 Å². The number of hydrogen-bond acceptors (Lipinski definition) is 5. The number of nitrogens with one attached hydrogen (secondary N) is 1. The van der Waals surface area contributed by atoms with Gasteiger partial charge in [-0.15, -0.1) is 0 Å². The first kappa shape index (κ1) is 13.1. The Bertz CT molecular complexity index is 372. The summed E-state index contributed by atoms with van der Waals surface area (Å²) < 4.78 is 5.83. The Kier molecular flexibility index (Phi) is 4.78. The number of anilines is 2. The van der Waals surface area contributed by atoms with E-state index in [0.29, 0.717) is 11.9 Å². The smallest absolute Gasteiger partial charge is 0.142 e. The van der Waals surface area contributed by atoms with Crippen LogP contribution < -0.4 is 16.2 Å². The van der Waals surface area contributed by atoms with Crippen LogP contribution in [0.5, 0.6) is 0 Å². The van der Waals surface area contributed by atoms with Gasteiger partial charge in [0, 0.05) is 19.7 Å². The second-order valence-corrected chi connectivity index (χ2v) is 4.61. The molecule has 0 amide bonds. The Labute approximate surface area is 108 Å². The standard InChI is InChI=1S/C13H22N4O/c1-2-9-18-11-5-4-8-17(10-11)13-7-3-6-12(15-13)16-14/h3,6-7,11H,2,4-5,8-10,14H2,1H3,(H,15,16). The summed E-state index contributed by atoms with van der Waals surface area (Å²) in [5.41, 5.74) is 2.58. The lowest BCUT2D eigenvalue weighted by molar-refractivity contribution is 0.0439. The van der Waals surface area contributed by atoms with Crippen LogP contribution >= 0.6 is 0 Å². The van der Waals surface area contributed by atoms with Gasteiger partial charge < -0.3 is 15.1 Å². The first-order valence-corrected chi connectivity index (χ1v) is 6.63. The van der Waals surface area contributed by atoms with E-state index in [1.165, 1.54) is 0 Å². The zero-order chi connectivity index (χ0) is 12.8. The second-order valence-electron chi connectivity index (χ2n) is 4.61. The molecule has 1 fully saturated rings. The molecule has 0 radical (unpaired) electrons. The molecule has 1 aliphatic rings. The van der Waals surface area contributed by atoms with Crippen molar-refractivity contribution in [3.05, 3.63) is 18.2 Å². The van der Waals surface area contributed by atoms with E-state index in [1.807, 2.05) is 18.2 Å². The molecule has 1 atom stereocenters. The maximum absolute atomic E-state index is 5.83. The van der Waals surface area contributed by atoms with Gasteiger partial charge in [0.2, 0.25) is 0 Å². The van der Waals surface area contributed by atoms with Gasteiger partial charge in [-0.1, -0.05) is 13.0 Å². The second kappa shape index (κ2) is 6.56. The molecule has 5 nitrogen and oxygen atoms in total. The topological polar surface area (TPSA) is 63.4 Å². The van der Waals surface area contributed by atoms with Gasteiger partial charge in [-0.05, 0) is 31.4 Å². The van der Waals surface area contributed by atoms with Crippen LogP contribution in [0.15, 0.2) is 18.2 Å². The molecule has 3 N–H and O–H groups in total. The summed E-state index contributed by atoms with van der Waals surface area (Å²) in [6.45, 7) is 4.93. The van der Waals surface area contributed by atoms with Crippen molar-refractivity contribution in [1.29, 1.82) is 0 Å². The van der Waals surface area contributed by atoms with Crippen LogP contribution in [0.2, 0.25) is 0 Å². The highest BCUT2D eigenvalue weighted by atomic mass is 16.5. The largest absolute Gasteiger partial charge is 0.376 e. The van der Waals surface area contributed by atoms with Crippen LogP contribution in [0.4, 0.5) is 11.6 Å². The summed E-state index contributed by atoms with van der Waals surface area (Å²) in [6.07, 6.45) is 3.69. The van der Waals surface area contributed by atoms with E-state index in [1.54, 1.807) is 0 Å². The SMILES string of the molecule is CCCOC1CCCN(c2cccc(NN)n2)C1. The van der Waals surface area contributed by atoms with E-state index >= 15 is 0 Å². The number of nitrogens with zero attached hydrogens (tertiary/aromatic N) is 2. The van der Waals surface area contributed by atoms with E-state index < -0.39 is 0 Å². The molecular formula is C13H22N4O. The number of aromatic nitrogens is 1. The molecule has 0 aliphatic carbocycles. The van der Waals surface area contributed by atoms with Crippen molar-refractivity contribution in [3.63, 3.8) is 0 Å². The fourth-order valence-corrected chi connectivity index (χ4v) is 2.25. The molecule has 0 bridgehead atoms.